The van der Waals surface area contributed by atoms with Crippen LogP contribution in [0.3, 0.4) is 0 Å². The Bertz CT molecular complexity index is 640. The third-order valence-corrected chi connectivity index (χ3v) is 3.22. The number of nitrogens with zero attached hydrogens (tertiary/aromatic N) is 2. The average Bonchev–Trinajstić information content (AvgIpc) is 2.41. The van der Waals surface area contributed by atoms with Crippen LogP contribution in [0.15, 0.2) is 39.6 Å². The monoisotopic (exact) mass is 324 g/mol. The zero-order valence-electron chi connectivity index (χ0n) is 10.6. The van der Waals surface area contributed by atoms with Crippen molar-refractivity contribution in [3.8, 4) is 11.6 Å². The molecule has 0 saturated carbocycles. The fourth-order valence-corrected chi connectivity index (χ4v) is 2.22. The lowest BCUT2D eigenvalue weighted by Gasteiger charge is -2.08. The van der Waals surface area contributed by atoms with E-state index in [0.29, 0.717) is 12.4 Å². The Balaban J connectivity index is 2.30. The zero-order valence-corrected chi connectivity index (χ0v) is 12.2. The van der Waals surface area contributed by atoms with Gasteiger partial charge in [0.05, 0.1) is 25.2 Å². The molecule has 1 heterocycles. The maximum absolute atomic E-state index is 11.7. The van der Waals surface area contributed by atoms with Gasteiger partial charge in [0.2, 0.25) is 5.88 Å². The minimum Gasteiger partial charge on any atom is -0.496 e. The summed E-state index contributed by atoms with van der Waals surface area (Å²) in [4.78, 5) is 11.7. The van der Waals surface area contributed by atoms with Gasteiger partial charge in [0.1, 0.15) is 5.75 Å². The molecule has 0 unspecified atom stereocenters. The van der Waals surface area contributed by atoms with Gasteiger partial charge in [0.15, 0.2) is 0 Å². The van der Waals surface area contributed by atoms with Gasteiger partial charge in [-0.05, 0) is 33.6 Å². The summed E-state index contributed by atoms with van der Waals surface area (Å²) < 4.78 is 12.4. The maximum atomic E-state index is 11.7. The first kappa shape index (κ1) is 13.6. The summed E-state index contributed by atoms with van der Waals surface area (Å²) in [5.74, 6) is 1.15. The van der Waals surface area contributed by atoms with Crippen LogP contribution in [0.2, 0.25) is 0 Å². The molecule has 2 rings (SSSR count). The predicted molar refractivity (Wildman–Crippen MR) is 74.8 cm³/mol. The third kappa shape index (κ3) is 3.14. The molecule has 0 N–H and O–H groups in total. The van der Waals surface area contributed by atoms with Crippen molar-refractivity contribution in [3.05, 3.63) is 50.7 Å². The van der Waals surface area contributed by atoms with Gasteiger partial charge >= 0.3 is 0 Å². The van der Waals surface area contributed by atoms with E-state index in [1.54, 1.807) is 13.2 Å². The van der Waals surface area contributed by atoms with E-state index in [1.165, 1.54) is 17.9 Å². The molecule has 5 nitrogen and oxygen atoms in total. The first-order chi connectivity index (χ1) is 9.13. The second-order valence-electron chi connectivity index (χ2n) is 3.84. The largest absolute Gasteiger partial charge is 0.496 e. The summed E-state index contributed by atoms with van der Waals surface area (Å²) in [6, 6.07) is 8.60. The lowest BCUT2D eigenvalue weighted by Crippen LogP contribution is -2.22. The van der Waals surface area contributed by atoms with Gasteiger partial charge in [0, 0.05) is 12.1 Å². The van der Waals surface area contributed by atoms with Crippen LogP contribution in [0.1, 0.15) is 5.56 Å². The van der Waals surface area contributed by atoms with E-state index in [1.807, 2.05) is 18.2 Å². The van der Waals surface area contributed by atoms with Gasteiger partial charge in [-0.1, -0.05) is 6.07 Å². The molecule has 0 amide bonds. The zero-order chi connectivity index (χ0) is 13.8. The Kier molecular flexibility index (Phi) is 4.21. The smallest absolute Gasteiger partial charge is 0.267 e. The molecule has 0 spiro atoms. The van der Waals surface area contributed by atoms with Crippen molar-refractivity contribution in [3.63, 3.8) is 0 Å². The predicted octanol–water partition coefficient (Wildman–Crippen LogP) is 2.07. The lowest BCUT2D eigenvalue weighted by molar-refractivity contribution is 0.378. The van der Waals surface area contributed by atoms with Gasteiger partial charge in [0.25, 0.3) is 5.56 Å². The van der Waals surface area contributed by atoms with Crippen molar-refractivity contribution in [2.75, 3.05) is 14.2 Å². The lowest BCUT2D eigenvalue weighted by atomic mass is 10.2. The molecule has 0 bridgehead atoms. The van der Waals surface area contributed by atoms with Crippen molar-refractivity contribution in [1.29, 1.82) is 0 Å². The van der Waals surface area contributed by atoms with Gasteiger partial charge in [-0.3, -0.25) is 4.79 Å². The van der Waals surface area contributed by atoms with Crippen molar-refractivity contribution >= 4 is 15.9 Å². The first-order valence-electron chi connectivity index (χ1n) is 5.58. The number of rotatable bonds is 4. The molecule has 0 radical (unpaired) electrons. The highest BCUT2D eigenvalue weighted by molar-refractivity contribution is 9.10. The molecular weight excluding hydrogens is 312 g/mol. The van der Waals surface area contributed by atoms with Crippen molar-refractivity contribution in [2.45, 2.75) is 6.54 Å². The van der Waals surface area contributed by atoms with E-state index in [2.05, 4.69) is 21.0 Å². The van der Waals surface area contributed by atoms with Crippen LogP contribution in [0.5, 0.6) is 11.6 Å². The van der Waals surface area contributed by atoms with E-state index in [0.717, 1.165) is 15.8 Å². The molecule has 0 saturated heterocycles. The van der Waals surface area contributed by atoms with Crippen LogP contribution in [0.25, 0.3) is 0 Å². The molecule has 0 aliphatic rings. The second-order valence-corrected chi connectivity index (χ2v) is 4.69. The minimum atomic E-state index is -0.173. The van der Waals surface area contributed by atoms with Gasteiger partial charge in [-0.25, -0.2) is 4.68 Å². The molecule has 2 aromatic rings. The summed E-state index contributed by atoms with van der Waals surface area (Å²) >= 11 is 3.41. The van der Waals surface area contributed by atoms with E-state index < -0.39 is 0 Å². The van der Waals surface area contributed by atoms with Gasteiger partial charge in [-0.2, -0.15) is 0 Å². The van der Waals surface area contributed by atoms with Crippen LogP contribution >= 0.6 is 15.9 Å². The number of ether oxygens (including phenoxy) is 2. The fourth-order valence-electron chi connectivity index (χ4n) is 1.63. The Morgan fingerprint density at radius 3 is 2.63 bits per heavy atom. The number of halogens is 1. The number of methoxy groups -OCH3 is 2. The summed E-state index contributed by atoms with van der Waals surface area (Å²) in [5.41, 5.74) is 0.767. The molecule has 0 aliphatic heterocycles. The van der Waals surface area contributed by atoms with E-state index >= 15 is 0 Å². The molecule has 1 aromatic heterocycles. The molecule has 6 heteroatoms. The summed E-state index contributed by atoms with van der Waals surface area (Å²) in [5, 5.41) is 4.09. The third-order valence-electron chi connectivity index (χ3n) is 2.60. The molecule has 1 aromatic carbocycles. The molecular formula is C13H13BrN2O3. The van der Waals surface area contributed by atoms with Crippen LogP contribution in [0.4, 0.5) is 0 Å². The standard InChI is InChI=1S/C13H13BrN2O3/c1-18-11-4-3-9(7-10(11)14)8-16-13(17)6-5-12(15-16)19-2/h3-7H,8H2,1-2H3. The van der Waals surface area contributed by atoms with Crippen molar-refractivity contribution in [2.24, 2.45) is 0 Å². The normalized spacial score (nSPS) is 10.3. The van der Waals surface area contributed by atoms with Crippen LogP contribution in [0, 0.1) is 0 Å². The van der Waals surface area contributed by atoms with Gasteiger partial charge < -0.3 is 9.47 Å². The molecule has 19 heavy (non-hydrogen) atoms. The van der Waals surface area contributed by atoms with Crippen molar-refractivity contribution < 1.29 is 9.47 Å². The second kappa shape index (κ2) is 5.88. The number of hydrogen-bond donors (Lipinski definition) is 0. The minimum absolute atomic E-state index is 0.173. The molecule has 0 fully saturated rings. The highest BCUT2D eigenvalue weighted by Gasteiger charge is 2.05. The summed E-state index contributed by atoms with van der Waals surface area (Å²) in [6.07, 6.45) is 0. The van der Waals surface area contributed by atoms with E-state index in [4.69, 9.17) is 9.47 Å². The van der Waals surface area contributed by atoms with Crippen molar-refractivity contribution in [1.82, 2.24) is 9.78 Å². The summed E-state index contributed by atoms with van der Waals surface area (Å²) in [6.45, 7) is 0.374. The Morgan fingerprint density at radius 1 is 1.21 bits per heavy atom. The fraction of sp³-hybridized carbons (Fsp3) is 0.231. The van der Waals surface area contributed by atoms with Crippen LogP contribution in [-0.4, -0.2) is 24.0 Å². The Hall–Kier alpha value is -1.82. The molecule has 0 atom stereocenters. The molecule has 0 aliphatic carbocycles. The Morgan fingerprint density at radius 2 is 2.00 bits per heavy atom. The maximum Gasteiger partial charge on any atom is 0.267 e. The highest BCUT2D eigenvalue weighted by atomic mass is 79.9. The van der Waals surface area contributed by atoms with Crippen LogP contribution in [-0.2, 0) is 6.54 Å². The highest BCUT2D eigenvalue weighted by Crippen LogP contribution is 2.25. The van der Waals surface area contributed by atoms with E-state index in [9.17, 15) is 4.79 Å². The molecule has 100 valence electrons. The van der Waals surface area contributed by atoms with E-state index in [-0.39, 0.29) is 5.56 Å². The quantitative estimate of drug-likeness (QED) is 0.864. The number of aromatic nitrogens is 2. The summed E-state index contributed by atoms with van der Waals surface area (Å²) in [7, 11) is 3.12. The van der Waals surface area contributed by atoms with Gasteiger partial charge in [-0.15, -0.1) is 5.10 Å². The Labute approximate surface area is 118 Å². The topological polar surface area (TPSA) is 53.4 Å². The number of hydrogen-bond acceptors (Lipinski definition) is 4. The SMILES string of the molecule is COc1ccc(=O)n(Cc2ccc(OC)c(Br)c2)n1. The van der Waals surface area contributed by atoms with Crippen LogP contribution < -0.4 is 15.0 Å². The first-order valence-corrected chi connectivity index (χ1v) is 6.38. The average molecular weight is 325 g/mol. The number of benzene rings is 1.